The van der Waals surface area contributed by atoms with Gasteiger partial charge in [0.05, 0.1) is 7.05 Å². The Morgan fingerprint density at radius 1 is 1.44 bits per heavy atom. The van der Waals surface area contributed by atoms with Crippen LogP contribution in [0.15, 0.2) is 0 Å². The van der Waals surface area contributed by atoms with Crippen LogP contribution in [-0.2, 0) is 4.57 Å². The third-order valence-electron chi connectivity index (χ3n) is 0. The van der Waals surface area contributed by atoms with Crippen molar-refractivity contribution in [3.8, 4) is 0 Å². The maximum Gasteiger partial charge on any atom is 1.00 e. The topological polar surface area (TPSA) is 108 Å². The van der Waals surface area contributed by atoms with Crippen molar-refractivity contribution in [3.63, 3.8) is 0 Å². The average Bonchev–Trinajstić information content (AvgIpc) is 1.36. The second-order valence-electron chi connectivity index (χ2n) is 0.491. The van der Waals surface area contributed by atoms with Gasteiger partial charge in [-0.3, -0.25) is 4.57 Å². The van der Waals surface area contributed by atoms with Crippen LogP contribution in [0.1, 0.15) is 0 Å². The zero-order chi connectivity index (χ0) is 6.50. The van der Waals surface area contributed by atoms with Crippen LogP contribution in [0.25, 0.3) is 0 Å². The van der Waals surface area contributed by atoms with Gasteiger partial charge in [0.15, 0.2) is 0 Å². The Morgan fingerprint density at radius 3 is 1.44 bits per heavy atom. The molecule has 5 nitrogen and oxygen atoms in total. The Morgan fingerprint density at radius 2 is 1.44 bits per heavy atom. The third-order valence-corrected chi connectivity index (χ3v) is 0. The molecule has 0 unspecified atom stereocenters. The molecule has 0 atom stereocenters. The summed E-state index contributed by atoms with van der Waals surface area (Å²) in [7, 11) is -3.14. The van der Waals surface area contributed by atoms with Crippen molar-refractivity contribution in [1.29, 1.82) is 0 Å². The van der Waals surface area contributed by atoms with E-state index < -0.39 is 7.82 Å². The van der Waals surface area contributed by atoms with Gasteiger partial charge in [0.2, 0.25) is 0 Å². The molecule has 54 valence electrons. The first-order valence-electron chi connectivity index (χ1n) is 1.47. The van der Waals surface area contributed by atoms with Gasteiger partial charge in [0.1, 0.15) is 0 Å². The smallest absolute Gasteiger partial charge is 1.00 e. The maximum absolute atomic E-state index is 8.77. The molecule has 0 aromatic carbocycles. The van der Waals surface area contributed by atoms with Crippen LogP contribution in [0, 0.1) is 0 Å². The van der Waals surface area contributed by atoms with Crippen molar-refractivity contribution < 1.29 is 66.9 Å². The number of halogens is 1. The molecular weight excluding hydrogens is 179 g/mol. The predicted octanol–water partition coefficient (Wildman–Crippen LogP) is -8.69. The minimum absolute atomic E-state index is 0. The Kier molecular flexibility index (Phi) is 30.1. The molecule has 0 saturated heterocycles. The van der Waals surface area contributed by atoms with Gasteiger partial charge in [0.25, 0.3) is 7.82 Å². The van der Waals surface area contributed by atoms with Gasteiger partial charge >= 0.3 is 29.6 Å². The number of quaternary nitrogens is 1. The summed E-state index contributed by atoms with van der Waals surface area (Å²) in [4.78, 5) is 22.9. The van der Waals surface area contributed by atoms with Crippen LogP contribution in [-0.4, -0.2) is 16.8 Å². The summed E-state index contributed by atoms with van der Waals surface area (Å²) in [5.74, 6) is 0. The largest absolute Gasteiger partial charge is 1.00 e. The van der Waals surface area contributed by atoms with E-state index in [0.717, 1.165) is 0 Å². The fraction of sp³-hybridized carbons (Fsp3) is 1.00. The molecule has 0 saturated carbocycles. The van der Waals surface area contributed by atoms with Crippen molar-refractivity contribution >= 4 is 7.82 Å². The predicted molar refractivity (Wildman–Crippen MR) is 20.9 cm³/mol. The van der Waals surface area contributed by atoms with Gasteiger partial charge in [-0.15, -0.1) is 0 Å². The van der Waals surface area contributed by atoms with E-state index >= 15 is 0 Å². The van der Waals surface area contributed by atoms with E-state index in [2.05, 4.69) is 5.73 Å². The van der Waals surface area contributed by atoms with Crippen LogP contribution in [0.2, 0.25) is 0 Å². The second kappa shape index (κ2) is 12.1. The summed E-state index contributed by atoms with van der Waals surface area (Å²) in [5, 5.41) is 0. The first-order valence-corrected chi connectivity index (χ1v) is 3.00. The molecule has 0 aromatic rings. The van der Waals surface area contributed by atoms with Gasteiger partial charge in [-0.1, -0.05) is 0 Å². The number of phosphoric acid groups is 1. The van der Waals surface area contributed by atoms with Gasteiger partial charge < -0.3 is 32.8 Å². The summed E-state index contributed by atoms with van der Waals surface area (Å²) in [5.41, 5.74) is 3.25. The fourth-order valence-electron chi connectivity index (χ4n) is 0. The van der Waals surface area contributed by atoms with Gasteiger partial charge in [-0.25, -0.2) is 0 Å². The van der Waals surface area contributed by atoms with E-state index in [1.54, 1.807) is 7.05 Å². The van der Waals surface area contributed by atoms with E-state index in [1.165, 1.54) is 0 Å². The van der Waals surface area contributed by atoms with Gasteiger partial charge in [-0.2, -0.15) is 0 Å². The molecule has 9 heavy (non-hydrogen) atoms. The summed E-state index contributed by atoms with van der Waals surface area (Å²) in [6.45, 7) is 0. The molecule has 0 aliphatic carbocycles. The van der Waals surface area contributed by atoms with Crippen molar-refractivity contribution in [2.75, 3.05) is 7.05 Å². The SMILES string of the molecule is C[NH3+].O=P([O-])(O)O.[Cl-].[Na+]. The zero-order valence-corrected chi connectivity index (χ0v) is 8.89. The van der Waals surface area contributed by atoms with E-state index in [4.69, 9.17) is 19.2 Å². The minimum atomic E-state index is -4.89. The molecule has 8 heteroatoms. The Labute approximate surface area is 81.6 Å². The standard InChI is InChI=1S/CH5N.ClH.Na.H3O4P/c1-2;;;1-5(2,3)4/h2H2,1H3;1H;;(H3,1,2,3,4)/q;;+1;/p-1. The molecule has 0 bridgehead atoms. The van der Waals surface area contributed by atoms with Crippen molar-refractivity contribution in [2.45, 2.75) is 0 Å². The van der Waals surface area contributed by atoms with Crippen LogP contribution >= 0.6 is 7.82 Å². The van der Waals surface area contributed by atoms with Gasteiger partial charge in [-0.05, 0) is 0 Å². The summed E-state index contributed by atoms with van der Waals surface area (Å²) in [6.07, 6.45) is 0. The normalized spacial score (nSPS) is 7.22. The van der Waals surface area contributed by atoms with E-state index in [1.807, 2.05) is 0 Å². The molecular formula is CH8ClNNaO4P. The van der Waals surface area contributed by atoms with Crippen molar-refractivity contribution in [3.05, 3.63) is 0 Å². The fourth-order valence-corrected chi connectivity index (χ4v) is 0. The molecule has 0 aromatic heterocycles. The first kappa shape index (κ1) is 22.4. The number of rotatable bonds is 0. The van der Waals surface area contributed by atoms with E-state index in [9.17, 15) is 0 Å². The first-order chi connectivity index (χ1) is 3.00. The molecule has 0 rings (SSSR count). The molecule has 0 radical (unpaired) electrons. The van der Waals surface area contributed by atoms with Crippen molar-refractivity contribution in [1.82, 2.24) is 0 Å². The number of hydrogen-bond donors (Lipinski definition) is 3. The molecule has 0 aliphatic rings. The van der Waals surface area contributed by atoms with E-state index in [-0.39, 0.29) is 42.0 Å². The molecule has 5 N–H and O–H groups in total. The molecule has 0 aliphatic heterocycles. The van der Waals surface area contributed by atoms with E-state index in [0.29, 0.717) is 0 Å². The zero-order valence-electron chi connectivity index (χ0n) is 5.24. The number of hydrogen-bond acceptors (Lipinski definition) is 2. The summed E-state index contributed by atoms with van der Waals surface area (Å²) < 4.78 is 8.77. The third kappa shape index (κ3) is 274. The monoisotopic (exact) mass is 187 g/mol. The Hall–Kier alpha value is 1.36. The van der Waals surface area contributed by atoms with Crippen LogP contribution in [0.5, 0.6) is 0 Å². The van der Waals surface area contributed by atoms with Crippen LogP contribution in [0.3, 0.4) is 0 Å². The summed E-state index contributed by atoms with van der Waals surface area (Å²) in [6, 6.07) is 0. The summed E-state index contributed by atoms with van der Waals surface area (Å²) >= 11 is 0. The van der Waals surface area contributed by atoms with Gasteiger partial charge in [0, 0.05) is 0 Å². The molecule has 0 fully saturated rings. The minimum Gasteiger partial charge on any atom is -1.00 e. The van der Waals surface area contributed by atoms with Crippen molar-refractivity contribution in [2.24, 2.45) is 0 Å². The average molecular weight is 187 g/mol. The van der Waals surface area contributed by atoms with Crippen LogP contribution < -0.4 is 52.6 Å². The Balaban J connectivity index is -0.0000000286. The molecule has 0 amide bonds. The molecule has 0 spiro atoms. The second-order valence-corrected chi connectivity index (χ2v) is 1.47. The maximum atomic E-state index is 8.77. The quantitative estimate of drug-likeness (QED) is 0.258. The Bertz CT molecular complexity index is 66.7. The molecule has 0 heterocycles. The van der Waals surface area contributed by atoms with Crippen LogP contribution in [0.4, 0.5) is 0 Å².